The molecule has 1 aromatic rings. The van der Waals surface area contributed by atoms with E-state index in [2.05, 4.69) is 15.5 Å². The number of nitrogens with two attached hydrogens (primary N) is 1. The zero-order chi connectivity index (χ0) is 11.1. The van der Waals surface area contributed by atoms with Gasteiger partial charge < -0.3 is 5.32 Å². The van der Waals surface area contributed by atoms with Crippen molar-refractivity contribution in [2.75, 3.05) is 5.32 Å². The highest BCUT2D eigenvalue weighted by atomic mass is 32.2. The van der Waals surface area contributed by atoms with Gasteiger partial charge in [-0.15, -0.1) is 0 Å². The molecule has 0 radical (unpaired) electrons. The first-order chi connectivity index (χ1) is 7.03. The summed E-state index contributed by atoms with van der Waals surface area (Å²) < 4.78 is 26.3. The number of hydrogen-bond acceptors (Lipinski definition) is 5. The number of anilines is 1. The van der Waals surface area contributed by atoms with Gasteiger partial charge in [-0.05, 0) is 23.8 Å². The highest BCUT2D eigenvalue weighted by Gasteiger charge is 2.21. The van der Waals surface area contributed by atoms with Gasteiger partial charge in [0.1, 0.15) is 0 Å². The minimum absolute atomic E-state index is 0.0553. The summed E-state index contributed by atoms with van der Waals surface area (Å²) in [5, 5.41) is 2.59. The summed E-state index contributed by atoms with van der Waals surface area (Å²) in [6, 6.07) is 4.20. The van der Waals surface area contributed by atoms with E-state index in [1.807, 2.05) is 0 Å². The summed E-state index contributed by atoms with van der Waals surface area (Å²) in [6.45, 7) is 0. The molecule has 2 rings (SSSR count). The number of benzene rings is 1. The van der Waals surface area contributed by atoms with Crippen LogP contribution in [0.3, 0.4) is 0 Å². The Kier molecular flexibility index (Phi) is 2.22. The first kappa shape index (κ1) is 10.1. The van der Waals surface area contributed by atoms with Crippen LogP contribution in [0, 0.1) is 0 Å². The van der Waals surface area contributed by atoms with E-state index in [4.69, 9.17) is 0 Å². The molecule has 0 aromatic heterocycles. The van der Waals surface area contributed by atoms with Gasteiger partial charge in [-0.3, -0.25) is 4.79 Å². The SMILES string of the molecule is NOS(=O)(=O)c1ccc2c(c1)CC(=O)N2. The van der Waals surface area contributed by atoms with E-state index in [9.17, 15) is 13.2 Å². The number of fused-ring (bicyclic) bond motifs is 1. The van der Waals surface area contributed by atoms with E-state index < -0.39 is 10.1 Å². The molecule has 1 aliphatic rings. The van der Waals surface area contributed by atoms with E-state index in [1.54, 1.807) is 0 Å². The summed E-state index contributed by atoms with van der Waals surface area (Å²) in [6.07, 6.45) is 0.170. The average molecular weight is 228 g/mol. The van der Waals surface area contributed by atoms with Gasteiger partial charge in [0.25, 0.3) is 0 Å². The van der Waals surface area contributed by atoms with Crippen LogP contribution in [0.2, 0.25) is 0 Å². The topological polar surface area (TPSA) is 98.5 Å². The molecule has 0 aliphatic carbocycles. The molecular weight excluding hydrogens is 220 g/mol. The third kappa shape index (κ3) is 1.72. The largest absolute Gasteiger partial charge is 0.326 e. The fourth-order valence-electron chi connectivity index (χ4n) is 1.42. The van der Waals surface area contributed by atoms with Gasteiger partial charge >= 0.3 is 10.1 Å². The zero-order valence-corrected chi connectivity index (χ0v) is 8.37. The lowest BCUT2D eigenvalue weighted by Gasteiger charge is -2.02. The van der Waals surface area contributed by atoms with Crippen LogP contribution in [-0.4, -0.2) is 14.3 Å². The van der Waals surface area contributed by atoms with Crippen molar-refractivity contribution >= 4 is 21.7 Å². The third-order valence-corrected chi connectivity index (χ3v) is 3.20. The van der Waals surface area contributed by atoms with Gasteiger partial charge in [0.15, 0.2) is 0 Å². The van der Waals surface area contributed by atoms with E-state index >= 15 is 0 Å². The molecule has 0 saturated heterocycles. The second-order valence-corrected chi connectivity index (χ2v) is 4.67. The Balaban J connectivity index is 2.48. The number of carbonyl (C=O) groups excluding carboxylic acids is 1. The van der Waals surface area contributed by atoms with Crippen molar-refractivity contribution in [1.29, 1.82) is 0 Å². The smallest absolute Gasteiger partial charge is 0.312 e. The lowest BCUT2D eigenvalue weighted by molar-refractivity contribution is -0.115. The number of carbonyl (C=O) groups is 1. The van der Waals surface area contributed by atoms with E-state index in [0.717, 1.165) is 0 Å². The Bertz CT molecular complexity index is 523. The van der Waals surface area contributed by atoms with Crippen molar-refractivity contribution in [3.8, 4) is 0 Å². The van der Waals surface area contributed by atoms with E-state index in [0.29, 0.717) is 11.3 Å². The molecule has 15 heavy (non-hydrogen) atoms. The van der Waals surface area contributed by atoms with Crippen LogP contribution in [0.1, 0.15) is 5.56 Å². The van der Waals surface area contributed by atoms with Gasteiger partial charge in [-0.25, -0.2) is 0 Å². The van der Waals surface area contributed by atoms with Crippen LogP contribution < -0.4 is 11.2 Å². The van der Waals surface area contributed by atoms with Crippen LogP contribution in [0.5, 0.6) is 0 Å². The van der Waals surface area contributed by atoms with Gasteiger partial charge in [-0.2, -0.15) is 18.6 Å². The first-order valence-electron chi connectivity index (χ1n) is 4.09. The molecule has 0 unspecified atom stereocenters. The van der Waals surface area contributed by atoms with Gasteiger partial charge in [0, 0.05) is 5.69 Å². The predicted molar refractivity (Wildman–Crippen MR) is 51.2 cm³/mol. The third-order valence-electron chi connectivity index (χ3n) is 2.12. The molecular formula is C8H8N2O4S. The molecule has 0 atom stereocenters. The molecule has 0 bridgehead atoms. The van der Waals surface area contributed by atoms with Crippen LogP contribution in [-0.2, 0) is 25.6 Å². The fourth-order valence-corrected chi connectivity index (χ4v) is 2.05. The maximum absolute atomic E-state index is 11.2. The molecule has 7 heteroatoms. The maximum Gasteiger partial charge on any atom is 0.312 e. The van der Waals surface area contributed by atoms with E-state index in [1.165, 1.54) is 18.2 Å². The van der Waals surface area contributed by atoms with Crippen molar-refractivity contribution in [3.63, 3.8) is 0 Å². The molecule has 1 amide bonds. The lowest BCUT2D eigenvalue weighted by Crippen LogP contribution is -2.11. The number of hydrogen-bond donors (Lipinski definition) is 2. The summed E-state index contributed by atoms with van der Waals surface area (Å²) in [5.41, 5.74) is 1.24. The lowest BCUT2D eigenvalue weighted by atomic mass is 10.2. The Hall–Kier alpha value is -1.44. The van der Waals surface area contributed by atoms with Crippen molar-refractivity contribution in [2.45, 2.75) is 11.3 Å². The first-order valence-corrected chi connectivity index (χ1v) is 5.50. The number of amides is 1. The molecule has 1 aromatic carbocycles. The Labute approximate surface area is 86.1 Å². The summed E-state index contributed by atoms with van der Waals surface area (Å²) in [5.74, 6) is 4.48. The minimum atomic E-state index is -3.90. The minimum Gasteiger partial charge on any atom is -0.326 e. The van der Waals surface area contributed by atoms with Crippen LogP contribution in [0.15, 0.2) is 23.1 Å². The van der Waals surface area contributed by atoms with Gasteiger partial charge in [0.05, 0.1) is 11.3 Å². The zero-order valence-electron chi connectivity index (χ0n) is 7.56. The molecule has 0 fully saturated rings. The summed E-state index contributed by atoms with van der Waals surface area (Å²) >= 11 is 0. The monoisotopic (exact) mass is 228 g/mol. The van der Waals surface area contributed by atoms with Gasteiger partial charge in [-0.1, -0.05) is 0 Å². The summed E-state index contributed by atoms with van der Waals surface area (Å²) in [7, 11) is -3.90. The quantitative estimate of drug-likeness (QED) is 0.681. The second-order valence-electron chi connectivity index (χ2n) is 3.09. The molecule has 3 N–H and O–H groups in total. The highest BCUT2D eigenvalue weighted by Crippen LogP contribution is 2.25. The van der Waals surface area contributed by atoms with E-state index in [-0.39, 0.29) is 17.2 Å². The van der Waals surface area contributed by atoms with Crippen molar-refractivity contribution < 1.29 is 17.5 Å². The Morgan fingerprint density at radius 2 is 2.13 bits per heavy atom. The molecule has 0 spiro atoms. The Morgan fingerprint density at radius 1 is 1.40 bits per heavy atom. The van der Waals surface area contributed by atoms with Crippen LogP contribution >= 0.6 is 0 Å². The van der Waals surface area contributed by atoms with Gasteiger partial charge in [0.2, 0.25) is 5.91 Å². The molecule has 80 valence electrons. The van der Waals surface area contributed by atoms with Crippen molar-refractivity contribution in [1.82, 2.24) is 0 Å². The number of nitrogens with one attached hydrogen (secondary N) is 1. The normalized spacial score (nSPS) is 14.9. The predicted octanol–water partition coefficient (Wildman–Crippen LogP) is -0.240. The summed E-state index contributed by atoms with van der Waals surface area (Å²) in [4.78, 5) is 11.0. The highest BCUT2D eigenvalue weighted by molar-refractivity contribution is 7.86. The maximum atomic E-state index is 11.2. The van der Waals surface area contributed by atoms with Crippen molar-refractivity contribution in [3.05, 3.63) is 23.8 Å². The molecule has 1 aliphatic heterocycles. The number of rotatable bonds is 2. The average Bonchev–Trinajstić information content (AvgIpc) is 2.56. The van der Waals surface area contributed by atoms with Crippen LogP contribution in [0.4, 0.5) is 5.69 Å². The van der Waals surface area contributed by atoms with Crippen LogP contribution in [0.25, 0.3) is 0 Å². The molecule has 0 saturated carbocycles. The van der Waals surface area contributed by atoms with Crippen molar-refractivity contribution in [2.24, 2.45) is 5.90 Å². The standard InChI is InChI=1S/C8H8N2O4S/c9-14-15(12,13)6-1-2-7-5(3-6)4-8(11)10-7/h1-3H,4,9H2,(H,10,11). The Morgan fingerprint density at radius 3 is 2.80 bits per heavy atom. The molecule has 6 nitrogen and oxygen atoms in total. The second kappa shape index (κ2) is 3.30. The fraction of sp³-hybridized carbons (Fsp3) is 0.125. The molecule has 1 heterocycles.